The summed E-state index contributed by atoms with van der Waals surface area (Å²) in [5.41, 5.74) is -0.544. The van der Waals surface area contributed by atoms with Crippen LogP contribution >= 0.6 is 0 Å². The highest BCUT2D eigenvalue weighted by Crippen LogP contribution is 2.27. The highest BCUT2D eigenvalue weighted by atomic mass is 16.6. The van der Waals surface area contributed by atoms with Crippen LogP contribution in [0.15, 0.2) is 0 Å². The summed E-state index contributed by atoms with van der Waals surface area (Å²) in [6, 6.07) is 0. The molecule has 0 spiro atoms. The van der Waals surface area contributed by atoms with Crippen molar-refractivity contribution < 1.29 is 19.4 Å². The van der Waals surface area contributed by atoms with Crippen LogP contribution in [0.3, 0.4) is 0 Å². The Kier molecular flexibility index (Phi) is 4.59. The smallest absolute Gasteiger partial charge is 0.410 e. The fraction of sp³-hybridized carbons (Fsp3) is 0.846. The van der Waals surface area contributed by atoms with Crippen LogP contribution < -0.4 is 0 Å². The van der Waals surface area contributed by atoms with Crippen LogP contribution in [0.1, 0.15) is 40.5 Å². The monoisotopic (exact) mass is 257 g/mol. The first-order valence-corrected chi connectivity index (χ1v) is 6.45. The Bertz CT molecular complexity index is 321. The van der Waals surface area contributed by atoms with Gasteiger partial charge in [-0.15, -0.1) is 0 Å². The quantitative estimate of drug-likeness (QED) is 0.824. The van der Waals surface area contributed by atoms with E-state index in [1.165, 1.54) is 4.90 Å². The van der Waals surface area contributed by atoms with Gasteiger partial charge in [0, 0.05) is 13.1 Å². The van der Waals surface area contributed by atoms with Crippen molar-refractivity contribution in [3.05, 3.63) is 0 Å². The number of nitrogens with zero attached hydrogens (tertiary/aromatic N) is 1. The molecule has 0 aromatic carbocycles. The van der Waals surface area contributed by atoms with Crippen molar-refractivity contribution in [1.29, 1.82) is 0 Å². The van der Waals surface area contributed by atoms with Gasteiger partial charge in [0.2, 0.25) is 0 Å². The van der Waals surface area contributed by atoms with Gasteiger partial charge >= 0.3 is 12.1 Å². The highest BCUT2D eigenvalue weighted by molar-refractivity contribution is 5.73. The lowest BCUT2D eigenvalue weighted by Crippen LogP contribution is -2.48. The van der Waals surface area contributed by atoms with Gasteiger partial charge in [-0.25, -0.2) is 4.79 Å². The Morgan fingerprint density at radius 3 is 2.44 bits per heavy atom. The molecule has 1 aliphatic rings. The summed E-state index contributed by atoms with van der Waals surface area (Å²) in [5.74, 6) is -1.15. The molecule has 1 saturated heterocycles. The molecule has 0 aromatic rings. The third-order valence-electron chi connectivity index (χ3n) is 3.25. The first-order valence-electron chi connectivity index (χ1n) is 6.45. The predicted molar refractivity (Wildman–Crippen MR) is 67.3 cm³/mol. The van der Waals surface area contributed by atoms with Crippen molar-refractivity contribution in [2.24, 2.45) is 11.8 Å². The van der Waals surface area contributed by atoms with Crippen molar-refractivity contribution in [3.63, 3.8) is 0 Å². The molecule has 5 nitrogen and oxygen atoms in total. The number of ether oxygens (including phenoxy) is 1. The van der Waals surface area contributed by atoms with Crippen LogP contribution in [0.2, 0.25) is 0 Å². The maximum Gasteiger partial charge on any atom is 0.410 e. The third-order valence-corrected chi connectivity index (χ3v) is 3.25. The standard InChI is InChI=1S/C13H23NO4/c1-5-9-6-7-14(8-10(9)11(15)16)12(17)18-13(2,3)4/h9-10H,5-8H2,1-4H3,(H,15,16). The average Bonchev–Trinajstić information content (AvgIpc) is 2.25. The second kappa shape index (κ2) is 5.59. The minimum atomic E-state index is -0.824. The van der Waals surface area contributed by atoms with Gasteiger partial charge in [-0.2, -0.15) is 0 Å². The first kappa shape index (κ1) is 14.8. The van der Waals surface area contributed by atoms with Crippen molar-refractivity contribution in [2.45, 2.75) is 46.1 Å². The molecule has 104 valence electrons. The Morgan fingerprint density at radius 2 is 2.00 bits per heavy atom. The summed E-state index contributed by atoms with van der Waals surface area (Å²) in [7, 11) is 0. The van der Waals surface area contributed by atoms with Crippen LogP contribution in [0.5, 0.6) is 0 Å². The van der Waals surface area contributed by atoms with E-state index >= 15 is 0 Å². The van der Waals surface area contributed by atoms with E-state index in [0.717, 1.165) is 12.8 Å². The lowest BCUT2D eigenvalue weighted by molar-refractivity contribution is -0.145. The van der Waals surface area contributed by atoms with Gasteiger partial charge in [0.05, 0.1) is 5.92 Å². The predicted octanol–water partition coefficient (Wildman–Crippen LogP) is 2.35. The lowest BCUT2D eigenvalue weighted by Gasteiger charge is -2.36. The van der Waals surface area contributed by atoms with E-state index in [0.29, 0.717) is 6.54 Å². The molecule has 0 aliphatic carbocycles. The molecule has 1 heterocycles. The van der Waals surface area contributed by atoms with E-state index in [2.05, 4.69) is 0 Å². The van der Waals surface area contributed by atoms with Crippen LogP contribution in [0.4, 0.5) is 4.79 Å². The molecule has 5 heteroatoms. The van der Waals surface area contributed by atoms with Crippen LogP contribution in [-0.2, 0) is 9.53 Å². The molecule has 2 unspecified atom stereocenters. The van der Waals surface area contributed by atoms with Gasteiger partial charge in [-0.05, 0) is 33.1 Å². The maximum absolute atomic E-state index is 11.9. The molecule has 1 rings (SSSR count). The topological polar surface area (TPSA) is 66.8 Å². The molecule has 0 aromatic heterocycles. The summed E-state index contributed by atoms with van der Waals surface area (Å²) in [6.07, 6.45) is 1.15. The number of amides is 1. The largest absolute Gasteiger partial charge is 0.481 e. The van der Waals surface area contributed by atoms with Crippen LogP contribution in [-0.4, -0.2) is 40.8 Å². The number of carbonyl (C=O) groups is 2. The summed E-state index contributed by atoms with van der Waals surface area (Å²) in [6.45, 7) is 8.23. The lowest BCUT2D eigenvalue weighted by atomic mass is 9.84. The van der Waals surface area contributed by atoms with E-state index in [4.69, 9.17) is 4.74 Å². The van der Waals surface area contributed by atoms with Gasteiger partial charge in [-0.3, -0.25) is 4.79 Å². The second-order valence-corrected chi connectivity index (χ2v) is 5.83. The molecular formula is C13H23NO4. The summed E-state index contributed by atoms with van der Waals surface area (Å²) >= 11 is 0. The SMILES string of the molecule is CCC1CCN(C(=O)OC(C)(C)C)CC1C(=O)O. The normalized spacial score (nSPS) is 24.8. The second-order valence-electron chi connectivity index (χ2n) is 5.83. The molecule has 1 N–H and O–H groups in total. The van der Waals surface area contributed by atoms with Gasteiger partial charge < -0.3 is 14.7 Å². The number of carbonyl (C=O) groups excluding carboxylic acids is 1. The number of hydrogen-bond donors (Lipinski definition) is 1. The summed E-state index contributed by atoms with van der Waals surface area (Å²) in [5, 5.41) is 9.19. The van der Waals surface area contributed by atoms with E-state index in [9.17, 15) is 14.7 Å². The maximum atomic E-state index is 11.9. The minimum Gasteiger partial charge on any atom is -0.481 e. The molecule has 1 fully saturated rings. The number of hydrogen-bond acceptors (Lipinski definition) is 3. The molecular weight excluding hydrogens is 234 g/mol. The number of piperidine rings is 1. The van der Waals surface area contributed by atoms with Gasteiger partial charge in [-0.1, -0.05) is 13.3 Å². The van der Waals surface area contributed by atoms with E-state index < -0.39 is 23.6 Å². The zero-order chi connectivity index (χ0) is 13.9. The molecule has 1 aliphatic heterocycles. The molecule has 2 atom stereocenters. The first-order chi connectivity index (χ1) is 8.24. The van der Waals surface area contributed by atoms with Gasteiger partial charge in [0.25, 0.3) is 0 Å². The number of aliphatic carboxylic acids is 1. The summed E-state index contributed by atoms with van der Waals surface area (Å²) in [4.78, 5) is 24.6. The van der Waals surface area contributed by atoms with Gasteiger partial charge in [0.1, 0.15) is 5.60 Å². The number of carboxylic acids is 1. The van der Waals surface area contributed by atoms with Gasteiger partial charge in [0.15, 0.2) is 0 Å². The average molecular weight is 257 g/mol. The third kappa shape index (κ3) is 3.89. The molecule has 0 bridgehead atoms. The molecule has 1 amide bonds. The highest BCUT2D eigenvalue weighted by Gasteiger charge is 2.36. The zero-order valence-electron chi connectivity index (χ0n) is 11.6. The molecule has 0 saturated carbocycles. The number of likely N-dealkylation sites (tertiary alicyclic amines) is 1. The number of carboxylic acid groups (broad SMARTS) is 1. The summed E-state index contributed by atoms with van der Waals surface area (Å²) < 4.78 is 5.27. The zero-order valence-corrected chi connectivity index (χ0v) is 11.6. The molecule has 0 radical (unpaired) electrons. The van der Waals surface area contributed by atoms with Crippen LogP contribution in [0, 0.1) is 11.8 Å². The fourth-order valence-corrected chi connectivity index (χ4v) is 2.26. The van der Waals surface area contributed by atoms with Crippen molar-refractivity contribution in [1.82, 2.24) is 4.90 Å². The Balaban J connectivity index is 2.65. The van der Waals surface area contributed by atoms with Crippen LogP contribution in [0.25, 0.3) is 0 Å². The van der Waals surface area contributed by atoms with Crippen molar-refractivity contribution in [3.8, 4) is 0 Å². The Morgan fingerprint density at radius 1 is 1.39 bits per heavy atom. The van der Waals surface area contributed by atoms with E-state index in [1.54, 1.807) is 20.8 Å². The minimum absolute atomic E-state index is 0.154. The van der Waals surface area contributed by atoms with E-state index in [-0.39, 0.29) is 12.5 Å². The fourth-order valence-electron chi connectivity index (χ4n) is 2.26. The Hall–Kier alpha value is -1.26. The van der Waals surface area contributed by atoms with E-state index in [1.807, 2.05) is 6.92 Å². The number of rotatable bonds is 2. The van der Waals surface area contributed by atoms with Crippen molar-refractivity contribution >= 4 is 12.1 Å². The Labute approximate surface area is 108 Å². The molecule has 18 heavy (non-hydrogen) atoms. The van der Waals surface area contributed by atoms with Crippen molar-refractivity contribution in [2.75, 3.05) is 13.1 Å².